The molecule has 11 nitrogen and oxygen atoms in total. The van der Waals surface area contributed by atoms with Gasteiger partial charge in [-0.1, -0.05) is 34.6 Å². The number of aryl methyl sites for hydroxylation is 1. The van der Waals surface area contributed by atoms with Crippen molar-refractivity contribution in [3.05, 3.63) is 92.3 Å². The molecule has 236 valence electrons. The van der Waals surface area contributed by atoms with Crippen LogP contribution in [0.2, 0.25) is 0 Å². The van der Waals surface area contributed by atoms with Crippen LogP contribution in [0.3, 0.4) is 0 Å². The first kappa shape index (κ1) is 30.8. The maximum Gasteiger partial charge on any atom is 0.297 e. The maximum atomic E-state index is 15.3. The number of benzene rings is 1. The van der Waals surface area contributed by atoms with Gasteiger partial charge in [0.15, 0.2) is 17.8 Å². The first-order chi connectivity index (χ1) is 21.8. The molecule has 5 heterocycles. The summed E-state index contributed by atoms with van der Waals surface area (Å²) in [6, 6.07) is 6.33. The minimum atomic E-state index is -0.745. The van der Waals surface area contributed by atoms with Crippen LogP contribution in [0.25, 0.3) is 27.7 Å². The number of carbonyl (C=O) groups excluding carboxylic acids is 2. The number of nitrogens with zero attached hydrogens (tertiary/aromatic N) is 6. The Morgan fingerprint density at radius 2 is 1.91 bits per heavy atom. The van der Waals surface area contributed by atoms with Gasteiger partial charge in [0.25, 0.3) is 17.0 Å². The summed E-state index contributed by atoms with van der Waals surface area (Å²) < 4.78 is 19.7. The maximum absolute atomic E-state index is 15.3. The van der Waals surface area contributed by atoms with E-state index in [1.54, 1.807) is 31.4 Å². The fourth-order valence-electron chi connectivity index (χ4n) is 5.85. The van der Waals surface area contributed by atoms with E-state index in [0.717, 1.165) is 21.8 Å². The molecule has 0 unspecified atom stereocenters. The zero-order valence-electron chi connectivity index (χ0n) is 26.6. The molecule has 1 aromatic carbocycles. The van der Waals surface area contributed by atoms with Crippen LogP contribution in [0.15, 0.2) is 64.2 Å². The van der Waals surface area contributed by atoms with Crippen LogP contribution < -0.4 is 16.4 Å². The number of hydrogen-bond acceptors (Lipinski definition) is 7. The zero-order valence-corrected chi connectivity index (χ0v) is 26.6. The minimum absolute atomic E-state index is 0.0530. The number of piperazine rings is 1. The van der Waals surface area contributed by atoms with E-state index in [4.69, 9.17) is 0 Å². The SMILES string of the molecule is CC(C)C(=O)N1CC[N+]2=C(Nc3cc(-c4ccnc(-n5ncc6cc(C(C)(C)C)cc(F)c6c5=O)c4C=O)cn(C)c3=O)C=C2C1. The molecule has 46 heavy (non-hydrogen) atoms. The fourth-order valence-corrected chi connectivity index (χ4v) is 5.85. The lowest BCUT2D eigenvalue weighted by Gasteiger charge is -2.33. The van der Waals surface area contributed by atoms with Crippen LogP contribution in [0.1, 0.15) is 50.5 Å². The van der Waals surface area contributed by atoms with Gasteiger partial charge in [0.1, 0.15) is 18.1 Å². The summed E-state index contributed by atoms with van der Waals surface area (Å²) >= 11 is 0. The van der Waals surface area contributed by atoms with Crippen LogP contribution in [-0.2, 0) is 17.3 Å². The number of rotatable bonds is 5. The molecule has 0 bridgehead atoms. The Bertz CT molecular complexity index is 2140. The standard InChI is InChI=1S/C34H34FN7O4/c1-19(2)31(44)40-9-10-41-23(17-40)14-28(41)38-27-12-21(16-39(6)32(27)45)24-7-8-36-30(25(24)18-43)42-33(46)29-20(15-37-42)11-22(13-26(29)35)34(3,4)5/h7-8,11-16,18-19H,9-10,17H2,1-6H3/p+1. The zero-order chi connectivity index (χ0) is 33.1. The molecule has 1 fully saturated rings. The highest BCUT2D eigenvalue weighted by atomic mass is 19.1. The Hall–Kier alpha value is -5.26. The summed E-state index contributed by atoms with van der Waals surface area (Å²) in [7, 11) is 1.60. The molecule has 0 atom stereocenters. The molecular weight excluding hydrogens is 589 g/mol. The van der Waals surface area contributed by atoms with Crippen molar-refractivity contribution in [3.63, 3.8) is 0 Å². The number of fused-ring (bicyclic) bond motifs is 2. The van der Waals surface area contributed by atoms with Crippen LogP contribution in [0, 0.1) is 11.7 Å². The van der Waals surface area contributed by atoms with Crippen molar-refractivity contribution >= 4 is 34.5 Å². The second-order valence-electron chi connectivity index (χ2n) is 13.0. The number of aldehydes is 1. The number of aromatic nitrogens is 4. The molecule has 1 amide bonds. The summed E-state index contributed by atoms with van der Waals surface area (Å²) in [4.78, 5) is 57.8. The number of pyridine rings is 2. The number of amides is 1. The van der Waals surface area contributed by atoms with E-state index < -0.39 is 11.4 Å². The van der Waals surface area contributed by atoms with E-state index in [0.29, 0.717) is 42.4 Å². The average Bonchev–Trinajstić information content (AvgIpc) is 3.00. The third-order valence-corrected chi connectivity index (χ3v) is 8.44. The summed E-state index contributed by atoms with van der Waals surface area (Å²) in [5, 5.41) is 7.68. The van der Waals surface area contributed by atoms with Crippen molar-refractivity contribution in [2.24, 2.45) is 13.0 Å². The lowest BCUT2D eigenvalue weighted by Crippen LogP contribution is -2.51. The molecule has 1 saturated heterocycles. The van der Waals surface area contributed by atoms with Gasteiger partial charge in [-0.05, 0) is 40.8 Å². The highest BCUT2D eigenvalue weighted by Crippen LogP contribution is 2.29. The number of amidine groups is 1. The number of nitrogens with one attached hydrogen (secondary N) is 1. The first-order valence-electron chi connectivity index (χ1n) is 15.1. The van der Waals surface area contributed by atoms with Gasteiger partial charge >= 0.3 is 0 Å². The van der Waals surface area contributed by atoms with Crippen molar-refractivity contribution < 1.29 is 18.6 Å². The normalized spacial score (nSPS) is 14.7. The third-order valence-electron chi connectivity index (χ3n) is 8.44. The van der Waals surface area contributed by atoms with Gasteiger partial charge in [0.2, 0.25) is 5.91 Å². The molecule has 1 N–H and O–H groups in total. The van der Waals surface area contributed by atoms with Gasteiger partial charge < -0.3 is 9.47 Å². The predicted octanol–water partition coefficient (Wildman–Crippen LogP) is 3.61. The molecule has 4 aromatic rings. The predicted molar refractivity (Wildman–Crippen MR) is 173 cm³/mol. The van der Waals surface area contributed by atoms with Crippen LogP contribution in [0.5, 0.6) is 0 Å². The summed E-state index contributed by atoms with van der Waals surface area (Å²) in [6.07, 6.45) is 6.89. The summed E-state index contributed by atoms with van der Waals surface area (Å²) in [5.74, 6) is 0.0160. The quantitative estimate of drug-likeness (QED) is 0.266. The van der Waals surface area contributed by atoms with Crippen molar-refractivity contribution in [1.82, 2.24) is 24.2 Å². The van der Waals surface area contributed by atoms with Crippen LogP contribution >= 0.6 is 0 Å². The number of anilines is 1. The topological polar surface area (TPSA) is 122 Å². The lowest BCUT2D eigenvalue weighted by atomic mass is 9.86. The molecule has 0 radical (unpaired) electrons. The van der Waals surface area contributed by atoms with E-state index in [1.807, 2.05) is 50.2 Å². The van der Waals surface area contributed by atoms with E-state index in [-0.39, 0.29) is 45.3 Å². The van der Waals surface area contributed by atoms with E-state index in [9.17, 15) is 19.2 Å². The highest BCUT2D eigenvalue weighted by Gasteiger charge is 2.35. The molecule has 2 aliphatic rings. The summed E-state index contributed by atoms with van der Waals surface area (Å²) in [6.45, 7) is 11.3. The van der Waals surface area contributed by atoms with Gasteiger partial charge in [-0.15, -0.1) is 0 Å². The Balaban J connectivity index is 1.37. The molecule has 12 heteroatoms. The van der Waals surface area contributed by atoms with Crippen LogP contribution in [-0.4, -0.2) is 66.5 Å². The van der Waals surface area contributed by atoms with E-state index in [2.05, 4.69) is 15.4 Å². The summed E-state index contributed by atoms with van der Waals surface area (Å²) in [5.41, 5.74) is 1.59. The molecule has 0 aliphatic carbocycles. The molecule has 0 spiro atoms. The Labute approximate surface area is 264 Å². The fraction of sp³-hybridized carbons (Fsp3) is 0.324. The molecule has 0 saturated carbocycles. The first-order valence-corrected chi connectivity index (χ1v) is 15.1. The van der Waals surface area contributed by atoms with Gasteiger partial charge in [0.05, 0.1) is 36.3 Å². The second kappa shape index (κ2) is 11.3. The van der Waals surface area contributed by atoms with Crippen molar-refractivity contribution in [1.29, 1.82) is 0 Å². The third kappa shape index (κ3) is 5.23. The van der Waals surface area contributed by atoms with Crippen molar-refractivity contribution in [2.45, 2.75) is 40.0 Å². The minimum Gasteiger partial charge on any atom is -0.331 e. The van der Waals surface area contributed by atoms with Gasteiger partial charge in [0, 0.05) is 36.3 Å². The van der Waals surface area contributed by atoms with Crippen molar-refractivity contribution in [2.75, 3.05) is 25.0 Å². The highest BCUT2D eigenvalue weighted by molar-refractivity contribution is 6.04. The second-order valence-corrected chi connectivity index (χ2v) is 13.0. The smallest absolute Gasteiger partial charge is 0.297 e. The molecule has 6 rings (SSSR count). The van der Waals surface area contributed by atoms with Gasteiger partial charge in [-0.3, -0.25) is 19.2 Å². The monoisotopic (exact) mass is 624 g/mol. The molecule has 3 aromatic heterocycles. The average molecular weight is 625 g/mol. The van der Waals surface area contributed by atoms with Crippen molar-refractivity contribution in [3.8, 4) is 16.9 Å². The number of hydrogen-bond donors (Lipinski definition) is 1. The Morgan fingerprint density at radius 1 is 1.15 bits per heavy atom. The van der Waals surface area contributed by atoms with Gasteiger partial charge in [-0.2, -0.15) is 9.78 Å². The van der Waals surface area contributed by atoms with Gasteiger partial charge in [-0.25, -0.2) is 19.3 Å². The lowest BCUT2D eigenvalue weighted by molar-refractivity contribution is -0.499. The number of halogens is 1. The van der Waals surface area contributed by atoms with Crippen LogP contribution in [0.4, 0.5) is 10.1 Å². The molecular formula is C34H35FN7O4+. The number of carbonyl (C=O) groups is 2. The Morgan fingerprint density at radius 3 is 2.59 bits per heavy atom. The molecule has 2 aliphatic heterocycles. The largest absolute Gasteiger partial charge is 0.331 e. The van der Waals surface area contributed by atoms with E-state index >= 15 is 4.39 Å². The van der Waals surface area contributed by atoms with E-state index in [1.165, 1.54) is 23.0 Å². The Kier molecular flexibility index (Phi) is 7.54.